The maximum Gasteiger partial charge on any atom is 0.175 e. The molecule has 0 amide bonds. The maximum absolute atomic E-state index is 6.23. The van der Waals surface area contributed by atoms with E-state index >= 15 is 0 Å². The van der Waals surface area contributed by atoms with Crippen LogP contribution < -0.4 is 14.8 Å². The zero-order chi connectivity index (χ0) is 20.6. The Hall–Kier alpha value is -1.72. The van der Waals surface area contributed by atoms with Gasteiger partial charge in [-0.25, -0.2) is 0 Å². The van der Waals surface area contributed by atoms with E-state index in [4.69, 9.17) is 32.7 Å². The molecular weight excluding hydrogens is 473 g/mol. The molecule has 3 aromatic carbocycles. The number of ether oxygens (including phenoxy) is 2. The number of rotatable bonds is 9. The fourth-order valence-corrected chi connectivity index (χ4v) is 3.87. The molecule has 3 aromatic rings. The predicted octanol–water partition coefficient (Wildman–Crippen LogP) is 7.02. The lowest BCUT2D eigenvalue weighted by Crippen LogP contribution is -2.13. The highest BCUT2D eigenvalue weighted by Gasteiger charge is 2.13. The summed E-state index contributed by atoms with van der Waals surface area (Å²) in [7, 11) is 0. The van der Waals surface area contributed by atoms with E-state index in [-0.39, 0.29) is 0 Å². The van der Waals surface area contributed by atoms with E-state index in [0.29, 0.717) is 42.8 Å². The molecule has 3 rings (SSSR count). The predicted molar refractivity (Wildman–Crippen MR) is 123 cm³/mol. The van der Waals surface area contributed by atoms with Gasteiger partial charge in [-0.2, -0.15) is 0 Å². The zero-order valence-electron chi connectivity index (χ0n) is 16.1. The highest BCUT2D eigenvalue weighted by molar-refractivity contribution is 9.10. The van der Waals surface area contributed by atoms with Gasteiger partial charge in [0.1, 0.15) is 6.61 Å². The van der Waals surface area contributed by atoms with Gasteiger partial charge in [0.05, 0.1) is 11.1 Å². The maximum atomic E-state index is 6.23. The minimum absolute atomic E-state index is 0.364. The molecule has 0 radical (unpaired) electrons. The highest BCUT2D eigenvalue weighted by atomic mass is 79.9. The Kier molecular flexibility index (Phi) is 8.25. The van der Waals surface area contributed by atoms with E-state index in [9.17, 15) is 0 Å². The Bertz CT molecular complexity index is 965. The second kappa shape index (κ2) is 10.9. The number of hydrogen-bond donors (Lipinski definition) is 1. The van der Waals surface area contributed by atoms with Crippen LogP contribution in [0.3, 0.4) is 0 Å². The summed E-state index contributed by atoms with van der Waals surface area (Å²) in [6, 6.07) is 19.5. The summed E-state index contributed by atoms with van der Waals surface area (Å²) in [5.74, 6) is 1.37. The molecule has 0 atom stereocenters. The molecule has 0 spiro atoms. The first-order valence-electron chi connectivity index (χ1n) is 9.34. The fourth-order valence-electron chi connectivity index (χ4n) is 2.88. The molecule has 0 aliphatic rings. The minimum atomic E-state index is 0.364. The summed E-state index contributed by atoms with van der Waals surface area (Å²) in [6.07, 6.45) is 0. The van der Waals surface area contributed by atoms with Crippen LogP contribution in [0.4, 0.5) is 0 Å². The molecule has 0 aliphatic carbocycles. The van der Waals surface area contributed by atoms with Gasteiger partial charge in [-0.1, -0.05) is 59.6 Å². The van der Waals surface area contributed by atoms with E-state index in [1.54, 1.807) is 0 Å². The van der Waals surface area contributed by atoms with Crippen molar-refractivity contribution in [3.63, 3.8) is 0 Å². The average Bonchev–Trinajstić information content (AvgIpc) is 2.70. The molecule has 0 saturated heterocycles. The first-order valence-corrected chi connectivity index (χ1v) is 10.9. The average molecular weight is 495 g/mol. The van der Waals surface area contributed by atoms with Crippen molar-refractivity contribution in [2.24, 2.45) is 0 Å². The standard InChI is InChI=1S/C23H22BrCl2NO2/c1-2-28-22-12-16(13-27-14-17-7-3-5-9-20(17)25)11-19(24)23(22)29-15-18-8-4-6-10-21(18)26/h3-12,27H,2,13-15H2,1H3. The quantitative estimate of drug-likeness (QED) is 0.346. The molecule has 0 bridgehead atoms. The van der Waals surface area contributed by atoms with E-state index in [0.717, 1.165) is 26.2 Å². The fraction of sp³-hybridized carbons (Fsp3) is 0.217. The summed E-state index contributed by atoms with van der Waals surface area (Å²) < 4.78 is 12.7. The monoisotopic (exact) mass is 493 g/mol. The van der Waals surface area contributed by atoms with Crippen LogP contribution >= 0.6 is 39.1 Å². The lowest BCUT2D eigenvalue weighted by atomic mass is 10.1. The molecule has 0 fully saturated rings. The molecule has 0 saturated carbocycles. The van der Waals surface area contributed by atoms with Crippen molar-refractivity contribution >= 4 is 39.1 Å². The van der Waals surface area contributed by atoms with Crippen LogP contribution in [0.25, 0.3) is 0 Å². The minimum Gasteiger partial charge on any atom is -0.490 e. The molecule has 152 valence electrons. The van der Waals surface area contributed by atoms with E-state index in [1.807, 2.05) is 67.6 Å². The Labute approximate surface area is 190 Å². The summed E-state index contributed by atoms with van der Waals surface area (Å²) in [5, 5.41) is 4.87. The molecule has 29 heavy (non-hydrogen) atoms. The smallest absolute Gasteiger partial charge is 0.175 e. The molecule has 3 nitrogen and oxygen atoms in total. The van der Waals surface area contributed by atoms with Gasteiger partial charge >= 0.3 is 0 Å². The summed E-state index contributed by atoms with van der Waals surface area (Å²) in [6.45, 7) is 4.22. The van der Waals surface area contributed by atoms with Gasteiger partial charge in [-0.3, -0.25) is 0 Å². The summed E-state index contributed by atoms with van der Waals surface area (Å²) in [4.78, 5) is 0. The van der Waals surface area contributed by atoms with Gasteiger partial charge in [0.15, 0.2) is 11.5 Å². The van der Waals surface area contributed by atoms with Gasteiger partial charge in [-0.05, 0) is 58.2 Å². The van der Waals surface area contributed by atoms with Gasteiger partial charge in [0.2, 0.25) is 0 Å². The molecule has 0 aliphatic heterocycles. The normalized spacial score (nSPS) is 10.8. The lowest BCUT2D eigenvalue weighted by Gasteiger charge is -2.16. The van der Waals surface area contributed by atoms with Crippen LogP contribution in [-0.2, 0) is 19.7 Å². The van der Waals surface area contributed by atoms with Crippen LogP contribution in [-0.4, -0.2) is 6.61 Å². The van der Waals surface area contributed by atoms with Crippen molar-refractivity contribution in [3.05, 3.63) is 91.9 Å². The summed E-state index contributed by atoms with van der Waals surface area (Å²) >= 11 is 16.1. The SMILES string of the molecule is CCOc1cc(CNCc2ccccc2Cl)cc(Br)c1OCc1ccccc1Cl. The third kappa shape index (κ3) is 6.13. The number of benzene rings is 3. The number of halogens is 3. The van der Waals surface area contributed by atoms with Crippen LogP contribution in [0.2, 0.25) is 10.0 Å². The van der Waals surface area contributed by atoms with Crippen molar-refractivity contribution in [1.82, 2.24) is 5.32 Å². The van der Waals surface area contributed by atoms with Crippen LogP contribution in [0.15, 0.2) is 65.1 Å². The van der Waals surface area contributed by atoms with E-state index in [1.165, 1.54) is 0 Å². The van der Waals surface area contributed by atoms with Crippen LogP contribution in [0.5, 0.6) is 11.5 Å². The highest BCUT2D eigenvalue weighted by Crippen LogP contribution is 2.38. The molecule has 0 heterocycles. The third-order valence-corrected chi connectivity index (χ3v) is 5.63. The second-order valence-corrected chi connectivity index (χ2v) is 8.08. The van der Waals surface area contributed by atoms with E-state index < -0.39 is 0 Å². The molecule has 0 unspecified atom stereocenters. The first-order chi connectivity index (χ1) is 14.1. The van der Waals surface area contributed by atoms with Crippen molar-refractivity contribution in [2.45, 2.75) is 26.6 Å². The Morgan fingerprint density at radius 2 is 1.52 bits per heavy atom. The van der Waals surface area contributed by atoms with Gasteiger partial charge < -0.3 is 14.8 Å². The first kappa shape index (κ1) is 22.0. The van der Waals surface area contributed by atoms with E-state index in [2.05, 4.69) is 21.2 Å². The Morgan fingerprint density at radius 3 is 2.17 bits per heavy atom. The lowest BCUT2D eigenvalue weighted by molar-refractivity contribution is 0.267. The summed E-state index contributed by atoms with van der Waals surface area (Å²) in [5.41, 5.74) is 3.07. The Balaban J connectivity index is 1.70. The van der Waals surface area contributed by atoms with Crippen molar-refractivity contribution in [1.29, 1.82) is 0 Å². The van der Waals surface area contributed by atoms with Crippen molar-refractivity contribution < 1.29 is 9.47 Å². The van der Waals surface area contributed by atoms with Crippen LogP contribution in [0, 0.1) is 0 Å². The van der Waals surface area contributed by atoms with Crippen molar-refractivity contribution in [2.75, 3.05) is 6.61 Å². The molecular formula is C23H22BrCl2NO2. The largest absolute Gasteiger partial charge is 0.490 e. The molecule has 6 heteroatoms. The van der Waals surface area contributed by atoms with Gasteiger partial charge in [0, 0.05) is 28.7 Å². The molecule has 1 N–H and O–H groups in total. The van der Waals surface area contributed by atoms with Gasteiger partial charge in [-0.15, -0.1) is 0 Å². The zero-order valence-corrected chi connectivity index (χ0v) is 19.2. The number of nitrogens with one attached hydrogen (secondary N) is 1. The topological polar surface area (TPSA) is 30.5 Å². The van der Waals surface area contributed by atoms with Crippen LogP contribution in [0.1, 0.15) is 23.6 Å². The third-order valence-electron chi connectivity index (χ3n) is 4.30. The number of hydrogen-bond acceptors (Lipinski definition) is 3. The Morgan fingerprint density at radius 1 is 0.862 bits per heavy atom. The van der Waals surface area contributed by atoms with Crippen molar-refractivity contribution in [3.8, 4) is 11.5 Å². The molecule has 0 aromatic heterocycles. The second-order valence-electron chi connectivity index (χ2n) is 6.41. The van der Waals surface area contributed by atoms with Gasteiger partial charge in [0.25, 0.3) is 0 Å².